The van der Waals surface area contributed by atoms with Crippen LogP contribution in [0.25, 0.3) is 0 Å². The van der Waals surface area contributed by atoms with Crippen LogP contribution in [0.5, 0.6) is 0 Å². The summed E-state index contributed by atoms with van der Waals surface area (Å²) >= 11 is 0. The fourth-order valence-corrected chi connectivity index (χ4v) is 2.99. The van der Waals surface area contributed by atoms with Crippen LogP contribution in [0.1, 0.15) is 16.7 Å². The molecule has 1 aliphatic heterocycles. The van der Waals surface area contributed by atoms with E-state index in [9.17, 15) is 0 Å². The standard InChI is InChI=1S/C22H17NO/c1-4-10-18(11-5-1)21-23-17-16-22(24-21,19-12-6-2-7-13-19)20-14-8-3-9-15-20/h1-17H. The Morgan fingerprint density at radius 2 is 1.12 bits per heavy atom. The van der Waals surface area contributed by atoms with Gasteiger partial charge < -0.3 is 4.74 Å². The van der Waals surface area contributed by atoms with Gasteiger partial charge in [-0.25, -0.2) is 4.99 Å². The normalized spacial score (nSPS) is 15.4. The molecular weight excluding hydrogens is 294 g/mol. The summed E-state index contributed by atoms with van der Waals surface area (Å²) in [7, 11) is 0. The molecule has 116 valence electrons. The van der Waals surface area contributed by atoms with E-state index in [1.807, 2.05) is 79.0 Å². The van der Waals surface area contributed by atoms with Gasteiger partial charge in [0, 0.05) is 22.9 Å². The lowest BCUT2D eigenvalue weighted by Crippen LogP contribution is -2.34. The van der Waals surface area contributed by atoms with E-state index in [0.717, 1.165) is 16.7 Å². The Bertz CT molecular complexity index is 828. The molecule has 0 saturated heterocycles. The Morgan fingerprint density at radius 1 is 0.625 bits per heavy atom. The van der Waals surface area contributed by atoms with Gasteiger partial charge in [0.05, 0.1) is 0 Å². The fourth-order valence-electron chi connectivity index (χ4n) is 2.99. The van der Waals surface area contributed by atoms with Gasteiger partial charge in [-0.05, 0) is 18.2 Å². The fraction of sp³-hybridized carbons (Fsp3) is 0.0455. The highest BCUT2D eigenvalue weighted by molar-refractivity contribution is 5.95. The van der Waals surface area contributed by atoms with Gasteiger partial charge in [0.15, 0.2) is 5.60 Å². The monoisotopic (exact) mass is 311 g/mol. The largest absolute Gasteiger partial charge is 0.456 e. The van der Waals surface area contributed by atoms with Crippen LogP contribution in [0.4, 0.5) is 0 Å². The number of ether oxygens (including phenoxy) is 1. The molecule has 0 N–H and O–H groups in total. The van der Waals surface area contributed by atoms with Gasteiger partial charge in [-0.3, -0.25) is 0 Å². The van der Waals surface area contributed by atoms with Crippen LogP contribution in [0.3, 0.4) is 0 Å². The van der Waals surface area contributed by atoms with Crippen LogP contribution in [0.2, 0.25) is 0 Å². The van der Waals surface area contributed by atoms with Crippen molar-refractivity contribution in [3.05, 3.63) is 120 Å². The molecule has 3 aromatic rings. The van der Waals surface area contributed by atoms with Gasteiger partial charge >= 0.3 is 0 Å². The predicted molar refractivity (Wildman–Crippen MR) is 96.9 cm³/mol. The molecule has 24 heavy (non-hydrogen) atoms. The molecule has 0 radical (unpaired) electrons. The first-order valence-corrected chi connectivity index (χ1v) is 7.99. The summed E-state index contributed by atoms with van der Waals surface area (Å²) in [5, 5.41) is 0. The summed E-state index contributed by atoms with van der Waals surface area (Å²) in [5.41, 5.74) is 2.46. The summed E-state index contributed by atoms with van der Waals surface area (Å²) in [6.45, 7) is 0. The van der Waals surface area contributed by atoms with Gasteiger partial charge in [0.25, 0.3) is 0 Å². The van der Waals surface area contributed by atoms with Gasteiger partial charge in [0.1, 0.15) is 0 Å². The van der Waals surface area contributed by atoms with Crippen molar-refractivity contribution in [3.8, 4) is 0 Å². The van der Waals surface area contributed by atoms with Crippen molar-refractivity contribution in [2.24, 2.45) is 4.99 Å². The Labute approximate surface area is 141 Å². The number of hydrogen-bond donors (Lipinski definition) is 0. The van der Waals surface area contributed by atoms with Crippen molar-refractivity contribution in [1.82, 2.24) is 0 Å². The first-order valence-electron chi connectivity index (χ1n) is 7.99. The second-order valence-electron chi connectivity index (χ2n) is 5.69. The van der Waals surface area contributed by atoms with Crippen molar-refractivity contribution in [2.45, 2.75) is 5.60 Å². The molecule has 0 bridgehead atoms. The zero-order valence-electron chi connectivity index (χ0n) is 13.2. The molecule has 4 rings (SSSR count). The third kappa shape index (κ3) is 2.52. The van der Waals surface area contributed by atoms with Gasteiger partial charge in [-0.1, -0.05) is 78.9 Å². The van der Waals surface area contributed by atoms with E-state index >= 15 is 0 Å². The number of hydrogen-bond acceptors (Lipinski definition) is 2. The van der Waals surface area contributed by atoms with Crippen molar-refractivity contribution >= 4 is 5.90 Å². The molecule has 1 aliphatic rings. The van der Waals surface area contributed by atoms with Crippen molar-refractivity contribution in [3.63, 3.8) is 0 Å². The van der Waals surface area contributed by atoms with Crippen molar-refractivity contribution < 1.29 is 4.74 Å². The summed E-state index contributed by atoms with van der Waals surface area (Å²) in [5.74, 6) is 0.630. The van der Waals surface area contributed by atoms with E-state index in [1.165, 1.54) is 0 Å². The second kappa shape index (κ2) is 6.17. The minimum Gasteiger partial charge on any atom is -0.456 e. The molecule has 0 spiro atoms. The summed E-state index contributed by atoms with van der Waals surface area (Å²) in [6.07, 6.45) is 3.86. The van der Waals surface area contributed by atoms with E-state index in [-0.39, 0.29) is 0 Å². The Kier molecular flexibility index (Phi) is 3.72. The average Bonchev–Trinajstić information content (AvgIpc) is 2.70. The highest BCUT2D eigenvalue weighted by atomic mass is 16.5. The van der Waals surface area contributed by atoms with E-state index < -0.39 is 5.60 Å². The molecule has 3 aromatic carbocycles. The molecule has 2 nitrogen and oxygen atoms in total. The highest BCUT2D eigenvalue weighted by Crippen LogP contribution is 2.38. The van der Waals surface area contributed by atoms with E-state index in [0.29, 0.717) is 5.90 Å². The Balaban J connectivity index is 1.85. The lowest BCUT2D eigenvalue weighted by Gasteiger charge is -2.35. The maximum atomic E-state index is 6.50. The minimum atomic E-state index is -0.671. The second-order valence-corrected chi connectivity index (χ2v) is 5.69. The first-order chi connectivity index (χ1) is 11.9. The van der Waals surface area contributed by atoms with E-state index in [1.54, 1.807) is 0 Å². The van der Waals surface area contributed by atoms with Gasteiger partial charge in [-0.2, -0.15) is 0 Å². The van der Waals surface area contributed by atoms with Crippen LogP contribution in [0.15, 0.2) is 108 Å². The third-order valence-electron chi connectivity index (χ3n) is 4.18. The van der Waals surface area contributed by atoms with Crippen LogP contribution < -0.4 is 0 Å². The number of rotatable bonds is 3. The lowest BCUT2D eigenvalue weighted by molar-refractivity contribution is 0.146. The van der Waals surface area contributed by atoms with Gasteiger partial charge in [0.2, 0.25) is 5.90 Å². The lowest BCUT2D eigenvalue weighted by atomic mass is 9.85. The molecule has 0 unspecified atom stereocenters. The van der Waals surface area contributed by atoms with Crippen LogP contribution in [-0.2, 0) is 10.3 Å². The number of benzene rings is 3. The number of aliphatic imine (C=N–C) groups is 1. The molecule has 0 amide bonds. The highest BCUT2D eigenvalue weighted by Gasteiger charge is 2.37. The summed E-state index contributed by atoms with van der Waals surface area (Å²) in [6, 6.07) is 30.5. The van der Waals surface area contributed by atoms with E-state index in [4.69, 9.17) is 4.74 Å². The van der Waals surface area contributed by atoms with Crippen LogP contribution >= 0.6 is 0 Å². The Morgan fingerprint density at radius 3 is 1.67 bits per heavy atom. The SMILES string of the molecule is C1=CC(c2ccccc2)(c2ccccc2)OC(c2ccccc2)=N1. The minimum absolute atomic E-state index is 0.630. The smallest absolute Gasteiger partial charge is 0.222 e. The number of nitrogens with zero attached hydrogens (tertiary/aromatic N) is 1. The first kappa shape index (κ1) is 14.5. The summed E-state index contributed by atoms with van der Waals surface area (Å²) < 4.78 is 6.50. The maximum Gasteiger partial charge on any atom is 0.222 e. The van der Waals surface area contributed by atoms with Crippen LogP contribution in [0, 0.1) is 0 Å². The molecule has 0 aromatic heterocycles. The van der Waals surface area contributed by atoms with Gasteiger partial charge in [-0.15, -0.1) is 0 Å². The quantitative estimate of drug-likeness (QED) is 0.672. The van der Waals surface area contributed by atoms with E-state index in [2.05, 4.69) is 29.3 Å². The third-order valence-corrected chi connectivity index (χ3v) is 4.18. The molecular formula is C22H17NO. The molecule has 0 fully saturated rings. The predicted octanol–water partition coefficient (Wildman–Crippen LogP) is 4.92. The zero-order chi connectivity index (χ0) is 16.2. The molecule has 0 saturated carbocycles. The Hall–Kier alpha value is -3.13. The molecule has 0 aliphatic carbocycles. The zero-order valence-corrected chi connectivity index (χ0v) is 13.2. The molecule has 1 heterocycles. The summed E-state index contributed by atoms with van der Waals surface area (Å²) in [4.78, 5) is 4.46. The molecule has 0 atom stereocenters. The average molecular weight is 311 g/mol. The van der Waals surface area contributed by atoms with Crippen molar-refractivity contribution in [1.29, 1.82) is 0 Å². The topological polar surface area (TPSA) is 21.6 Å². The molecule has 2 heteroatoms. The van der Waals surface area contributed by atoms with Crippen LogP contribution in [-0.4, -0.2) is 5.90 Å². The maximum absolute atomic E-state index is 6.50. The van der Waals surface area contributed by atoms with Crippen molar-refractivity contribution in [2.75, 3.05) is 0 Å².